The molecule has 0 atom stereocenters. The van der Waals surface area contributed by atoms with Crippen molar-refractivity contribution in [3.05, 3.63) is 0 Å². The minimum Gasteiger partial charge on any atom is -0.391 e. The van der Waals surface area contributed by atoms with Crippen LogP contribution in [0, 0.1) is 0 Å². The second kappa shape index (κ2) is 23.4. The van der Waals surface area contributed by atoms with E-state index in [1.165, 1.54) is 0 Å². The minimum absolute atomic E-state index is 0.116. The molecule has 0 aliphatic carbocycles. The minimum atomic E-state index is -0.500. The molecule has 3 N–H and O–H groups in total. The average molecular weight is 424 g/mol. The predicted octanol–water partition coefficient (Wildman–Crippen LogP) is 2.83. The van der Waals surface area contributed by atoms with Crippen molar-refractivity contribution in [3.8, 4) is 0 Å². The fourth-order valence-electron chi connectivity index (χ4n) is 1.98. The second-order valence-electron chi connectivity index (χ2n) is 8.26. The SMILES string of the molecule is C=O.C=O.CC(C)(C)O.CCCN(CCCCN(CCCN)OC)OC(C)(C)C. The lowest BCUT2D eigenvalue weighted by Crippen LogP contribution is -2.35. The zero-order valence-electron chi connectivity index (χ0n) is 20.3. The Morgan fingerprint density at radius 1 is 0.828 bits per heavy atom. The zero-order chi connectivity index (χ0) is 23.9. The van der Waals surface area contributed by atoms with Crippen molar-refractivity contribution >= 4 is 13.6 Å². The summed E-state index contributed by atoms with van der Waals surface area (Å²) in [4.78, 5) is 27.3. The van der Waals surface area contributed by atoms with Gasteiger partial charge >= 0.3 is 0 Å². The quantitative estimate of drug-likeness (QED) is 0.365. The van der Waals surface area contributed by atoms with Crippen LogP contribution < -0.4 is 5.73 Å². The van der Waals surface area contributed by atoms with Gasteiger partial charge in [-0.2, -0.15) is 10.1 Å². The number of nitrogens with two attached hydrogens (primary N) is 1. The van der Waals surface area contributed by atoms with E-state index in [1.54, 1.807) is 27.9 Å². The molecule has 0 unspecified atom stereocenters. The Hall–Kier alpha value is -0.900. The highest BCUT2D eigenvalue weighted by molar-refractivity contribution is 5.11. The summed E-state index contributed by atoms with van der Waals surface area (Å²) in [5.41, 5.74) is 4.90. The Morgan fingerprint density at radius 2 is 1.21 bits per heavy atom. The monoisotopic (exact) mass is 423 g/mol. The van der Waals surface area contributed by atoms with E-state index in [-0.39, 0.29) is 5.60 Å². The van der Waals surface area contributed by atoms with Crippen LogP contribution in [-0.2, 0) is 19.3 Å². The topological polar surface area (TPSA) is 105 Å². The number of aliphatic hydroxyl groups is 1. The van der Waals surface area contributed by atoms with Crippen molar-refractivity contribution in [1.29, 1.82) is 0 Å². The lowest BCUT2D eigenvalue weighted by atomic mass is 10.2. The van der Waals surface area contributed by atoms with E-state index in [2.05, 4.69) is 32.8 Å². The van der Waals surface area contributed by atoms with Crippen LogP contribution in [0.25, 0.3) is 0 Å². The van der Waals surface area contributed by atoms with Crippen molar-refractivity contribution in [2.45, 2.75) is 85.4 Å². The molecule has 178 valence electrons. The number of nitrogens with zero attached hydrogens (tertiary/aromatic N) is 2. The molecule has 0 aliphatic heterocycles. The molecule has 0 aliphatic rings. The number of hydroxylamine groups is 4. The van der Waals surface area contributed by atoms with Gasteiger partial charge in [0, 0.05) is 26.2 Å². The van der Waals surface area contributed by atoms with Gasteiger partial charge in [0.15, 0.2) is 0 Å². The lowest BCUT2D eigenvalue weighted by Gasteiger charge is -2.30. The Balaban J connectivity index is -0.000000294. The fourth-order valence-corrected chi connectivity index (χ4v) is 1.98. The van der Waals surface area contributed by atoms with E-state index in [4.69, 9.17) is 30.1 Å². The van der Waals surface area contributed by atoms with Crippen LogP contribution in [0.15, 0.2) is 0 Å². The summed E-state index contributed by atoms with van der Waals surface area (Å²) in [6.45, 7) is 22.2. The number of carbonyl (C=O) groups is 2. The van der Waals surface area contributed by atoms with Crippen LogP contribution in [0.2, 0.25) is 0 Å². The summed E-state index contributed by atoms with van der Waals surface area (Å²) in [6.07, 6.45) is 4.30. The summed E-state index contributed by atoms with van der Waals surface area (Å²) >= 11 is 0. The summed E-state index contributed by atoms with van der Waals surface area (Å²) in [5, 5.41) is 12.6. The maximum atomic E-state index is 8.52. The van der Waals surface area contributed by atoms with Crippen LogP contribution in [-0.4, -0.2) is 79.8 Å². The molecule has 0 saturated heterocycles. The molecule has 0 fully saturated rings. The van der Waals surface area contributed by atoms with Crippen molar-refractivity contribution in [2.24, 2.45) is 5.73 Å². The van der Waals surface area contributed by atoms with Crippen LogP contribution in [0.5, 0.6) is 0 Å². The van der Waals surface area contributed by atoms with Gasteiger partial charge in [0.1, 0.15) is 13.6 Å². The van der Waals surface area contributed by atoms with Crippen molar-refractivity contribution in [3.63, 3.8) is 0 Å². The predicted molar refractivity (Wildman–Crippen MR) is 120 cm³/mol. The van der Waals surface area contributed by atoms with Crippen LogP contribution in [0.4, 0.5) is 0 Å². The smallest absolute Gasteiger partial charge is 0.106 e. The molecular weight excluding hydrogens is 374 g/mol. The van der Waals surface area contributed by atoms with E-state index in [9.17, 15) is 0 Å². The standard InChI is InChI=1S/C15H35N3O2.C4H10O.2CH2O/c1-6-11-18(20-15(2,3)4)13-8-7-12-17(19-5)14-9-10-16;1-4(2,3)5;2*1-2/h6-14,16H2,1-5H3;5H,1-3H3;2*1H2. The second-order valence-corrected chi connectivity index (χ2v) is 8.26. The molecule has 0 bridgehead atoms. The van der Waals surface area contributed by atoms with Gasteiger partial charge in [0.25, 0.3) is 0 Å². The third-order valence-corrected chi connectivity index (χ3v) is 2.81. The zero-order valence-corrected chi connectivity index (χ0v) is 20.3. The summed E-state index contributed by atoms with van der Waals surface area (Å²) < 4.78 is 0. The van der Waals surface area contributed by atoms with Gasteiger partial charge in [-0.15, -0.1) is 0 Å². The molecule has 8 heteroatoms. The molecule has 8 nitrogen and oxygen atoms in total. The first-order valence-corrected chi connectivity index (χ1v) is 10.2. The van der Waals surface area contributed by atoms with Gasteiger partial charge in [0.05, 0.1) is 18.3 Å². The molecule has 0 saturated carbocycles. The largest absolute Gasteiger partial charge is 0.391 e. The molecule has 0 aromatic rings. The van der Waals surface area contributed by atoms with Gasteiger partial charge < -0.3 is 25.3 Å². The Bertz CT molecular complexity index is 312. The molecule has 0 radical (unpaired) electrons. The molecular formula is C21H49N3O5. The van der Waals surface area contributed by atoms with E-state index in [0.717, 1.165) is 51.9 Å². The molecule has 0 spiro atoms. The summed E-state index contributed by atoms with van der Waals surface area (Å²) in [7, 11) is 1.72. The van der Waals surface area contributed by atoms with Gasteiger partial charge in [-0.1, -0.05) is 6.92 Å². The van der Waals surface area contributed by atoms with E-state index < -0.39 is 5.60 Å². The molecule has 0 rings (SSSR count). The number of rotatable bonds is 12. The normalized spacial score (nSPS) is 11.0. The van der Waals surface area contributed by atoms with Gasteiger partial charge in [-0.25, -0.2) is 0 Å². The van der Waals surface area contributed by atoms with Gasteiger partial charge in [0.2, 0.25) is 0 Å². The van der Waals surface area contributed by atoms with E-state index >= 15 is 0 Å². The number of hydrogen-bond acceptors (Lipinski definition) is 8. The third-order valence-electron chi connectivity index (χ3n) is 2.81. The highest BCUT2D eigenvalue weighted by atomic mass is 16.7. The fraction of sp³-hybridized carbons (Fsp3) is 0.905. The molecule has 0 aromatic heterocycles. The number of unbranched alkanes of at least 4 members (excludes halogenated alkanes) is 1. The Morgan fingerprint density at radius 3 is 1.52 bits per heavy atom. The number of hydrogen-bond donors (Lipinski definition) is 2. The van der Waals surface area contributed by atoms with Crippen LogP contribution in [0.3, 0.4) is 0 Å². The van der Waals surface area contributed by atoms with Crippen LogP contribution >= 0.6 is 0 Å². The van der Waals surface area contributed by atoms with Crippen molar-refractivity contribution < 1.29 is 24.4 Å². The Kier molecular flexibility index (Phi) is 28.6. The summed E-state index contributed by atoms with van der Waals surface area (Å²) in [6, 6.07) is 0. The first-order chi connectivity index (χ1) is 13.4. The van der Waals surface area contributed by atoms with E-state index in [1.807, 2.05) is 18.6 Å². The van der Waals surface area contributed by atoms with Gasteiger partial charge in [-0.05, 0) is 73.8 Å². The third kappa shape index (κ3) is 42.3. The Labute approximate surface area is 179 Å². The average Bonchev–Trinajstić information content (AvgIpc) is 2.62. The molecule has 0 heterocycles. The van der Waals surface area contributed by atoms with Crippen LogP contribution in [0.1, 0.15) is 74.1 Å². The first kappa shape index (κ1) is 35.5. The van der Waals surface area contributed by atoms with E-state index in [0.29, 0.717) is 6.54 Å². The maximum absolute atomic E-state index is 8.52. The molecule has 0 amide bonds. The van der Waals surface area contributed by atoms with Crippen molar-refractivity contribution in [2.75, 3.05) is 39.8 Å². The van der Waals surface area contributed by atoms with Gasteiger partial charge in [-0.3, -0.25) is 4.84 Å². The first-order valence-electron chi connectivity index (χ1n) is 10.2. The lowest BCUT2D eigenvalue weighted by molar-refractivity contribution is -0.229. The van der Waals surface area contributed by atoms with Crippen molar-refractivity contribution in [1.82, 2.24) is 10.1 Å². The molecule has 29 heavy (non-hydrogen) atoms. The summed E-state index contributed by atoms with van der Waals surface area (Å²) in [5.74, 6) is 0. The molecule has 0 aromatic carbocycles. The highest BCUT2D eigenvalue weighted by Gasteiger charge is 2.16. The maximum Gasteiger partial charge on any atom is 0.106 e. The number of carbonyl (C=O) groups excluding carboxylic acids is 2. The highest BCUT2D eigenvalue weighted by Crippen LogP contribution is 2.11.